The van der Waals surface area contributed by atoms with Gasteiger partial charge >= 0.3 is 0 Å². The van der Waals surface area contributed by atoms with Crippen molar-refractivity contribution >= 4 is 0 Å². The number of likely N-dealkylation sites (tertiary alicyclic amines) is 1. The molecule has 1 aromatic carbocycles. The smallest absolute Gasteiger partial charge is 0.118 e. The molecule has 0 bridgehead atoms. The number of methoxy groups -OCH3 is 1. The van der Waals surface area contributed by atoms with Crippen LogP contribution in [0.15, 0.2) is 24.3 Å². The minimum atomic E-state index is -0.404. The van der Waals surface area contributed by atoms with E-state index in [9.17, 15) is 5.11 Å². The lowest BCUT2D eigenvalue weighted by molar-refractivity contribution is 0.0590. The molecule has 0 radical (unpaired) electrons. The van der Waals surface area contributed by atoms with Gasteiger partial charge in [-0.15, -0.1) is 0 Å². The first kappa shape index (κ1) is 13.4. The Morgan fingerprint density at radius 1 is 1.22 bits per heavy atom. The van der Waals surface area contributed by atoms with Crippen LogP contribution < -0.4 is 4.74 Å². The van der Waals surface area contributed by atoms with Crippen molar-refractivity contribution in [1.82, 2.24) is 4.90 Å². The van der Waals surface area contributed by atoms with Crippen molar-refractivity contribution in [3.8, 4) is 5.75 Å². The largest absolute Gasteiger partial charge is 0.497 e. The van der Waals surface area contributed by atoms with Crippen LogP contribution in [-0.2, 0) is 0 Å². The molecule has 3 heteroatoms. The molecule has 1 aliphatic rings. The molecule has 0 aliphatic carbocycles. The summed E-state index contributed by atoms with van der Waals surface area (Å²) in [4.78, 5) is 2.41. The van der Waals surface area contributed by atoms with Crippen LogP contribution in [0, 0.1) is 0 Å². The summed E-state index contributed by atoms with van der Waals surface area (Å²) >= 11 is 0. The Morgan fingerprint density at radius 3 is 2.33 bits per heavy atom. The minimum Gasteiger partial charge on any atom is -0.497 e. The van der Waals surface area contributed by atoms with Crippen molar-refractivity contribution in [1.29, 1.82) is 0 Å². The van der Waals surface area contributed by atoms with Crippen LogP contribution >= 0.6 is 0 Å². The fourth-order valence-corrected chi connectivity index (χ4v) is 2.78. The highest BCUT2D eigenvalue weighted by atomic mass is 16.5. The van der Waals surface area contributed by atoms with Crippen LogP contribution in [0.25, 0.3) is 0 Å². The van der Waals surface area contributed by atoms with E-state index in [0.29, 0.717) is 0 Å². The van der Waals surface area contributed by atoms with Crippen molar-refractivity contribution < 1.29 is 9.84 Å². The van der Waals surface area contributed by atoms with Crippen LogP contribution in [0.5, 0.6) is 5.75 Å². The first-order valence-corrected chi connectivity index (χ1v) is 6.82. The molecular weight excluding hydrogens is 226 g/mol. The number of benzene rings is 1. The molecule has 1 saturated heterocycles. The van der Waals surface area contributed by atoms with Crippen LogP contribution in [0.4, 0.5) is 0 Å². The van der Waals surface area contributed by atoms with Gasteiger partial charge in [0, 0.05) is 6.04 Å². The van der Waals surface area contributed by atoms with Gasteiger partial charge in [-0.1, -0.05) is 19.1 Å². The maximum absolute atomic E-state index is 10.5. The van der Waals surface area contributed by atoms with E-state index in [2.05, 4.69) is 11.8 Å². The van der Waals surface area contributed by atoms with Gasteiger partial charge in [0.1, 0.15) is 5.75 Å². The van der Waals surface area contributed by atoms with E-state index in [1.165, 1.54) is 12.8 Å². The molecule has 0 saturated carbocycles. The summed E-state index contributed by atoms with van der Waals surface area (Å²) in [6.07, 6.45) is 3.09. The molecule has 1 aromatic rings. The molecule has 2 atom stereocenters. The quantitative estimate of drug-likeness (QED) is 0.870. The lowest BCUT2D eigenvalue weighted by Crippen LogP contribution is -2.37. The highest BCUT2D eigenvalue weighted by molar-refractivity contribution is 5.29. The second kappa shape index (κ2) is 6.21. The van der Waals surface area contributed by atoms with E-state index in [-0.39, 0.29) is 6.04 Å². The maximum Gasteiger partial charge on any atom is 0.118 e. The summed E-state index contributed by atoms with van der Waals surface area (Å²) < 4.78 is 5.14. The third-order valence-electron chi connectivity index (χ3n) is 3.85. The normalized spacial score (nSPS) is 19.7. The van der Waals surface area contributed by atoms with Crippen molar-refractivity contribution in [3.63, 3.8) is 0 Å². The second-order valence-electron chi connectivity index (χ2n) is 4.94. The zero-order valence-electron chi connectivity index (χ0n) is 11.3. The average Bonchev–Trinajstić information content (AvgIpc) is 2.93. The zero-order chi connectivity index (χ0) is 13.0. The molecular formula is C15H23NO2. The average molecular weight is 249 g/mol. The number of aliphatic hydroxyl groups is 1. The Morgan fingerprint density at radius 2 is 1.83 bits per heavy atom. The van der Waals surface area contributed by atoms with Crippen LogP contribution in [0.1, 0.15) is 37.9 Å². The molecule has 0 unspecified atom stereocenters. The fourth-order valence-electron chi connectivity index (χ4n) is 2.78. The van der Waals surface area contributed by atoms with Gasteiger partial charge in [-0.25, -0.2) is 0 Å². The number of hydrogen-bond donors (Lipinski definition) is 1. The highest BCUT2D eigenvalue weighted by Gasteiger charge is 2.27. The summed E-state index contributed by atoms with van der Waals surface area (Å²) in [6, 6.07) is 7.98. The summed E-state index contributed by atoms with van der Waals surface area (Å²) in [5, 5.41) is 10.5. The van der Waals surface area contributed by atoms with Gasteiger partial charge in [-0.2, -0.15) is 0 Å². The van der Waals surface area contributed by atoms with Gasteiger partial charge in [-0.05, 0) is 50.0 Å². The summed E-state index contributed by atoms with van der Waals surface area (Å²) in [5.74, 6) is 0.833. The van der Waals surface area contributed by atoms with Gasteiger partial charge in [0.15, 0.2) is 0 Å². The molecule has 1 N–H and O–H groups in total. The van der Waals surface area contributed by atoms with Crippen molar-refractivity contribution in [2.45, 2.75) is 38.3 Å². The fraction of sp³-hybridized carbons (Fsp3) is 0.600. The first-order chi connectivity index (χ1) is 8.76. The molecule has 0 aromatic heterocycles. The SMILES string of the molecule is CC[C@H]([C@@H](O)c1ccc(OC)cc1)N1CCCC1. The summed E-state index contributed by atoms with van der Waals surface area (Å²) in [7, 11) is 1.66. The Hall–Kier alpha value is -1.06. The van der Waals surface area contributed by atoms with E-state index in [4.69, 9.17) is 4.74 Å². The Kier molecular flexibility index (Phi) is 4.61. The number of rotatable bonds is 5. The van der Waals surface area contributed by atoms with Gasteiger partial charge in [0.2, 0.25) is 0 Å². The molecule has 3 nitrogen and oxygen atoms in total. The third-order valence-corrected chi connectivity index (χ3v) is 3.85. The first-order valence-electron chi connectivity index (χ1n) is 6.82. The third kappa shape index (κ3) is 2.85. The van der Waals surface area contributed by atoms with E-state index in [0.717, 1.165) is 30.8 Å². The molecule has 1 fully saturated rings. The molecule has 18 heavy (non-hydrogen) atoms. The predicted molar refractivity (Wildman–Crippen MR) is 72.8 cm³/mol. The number of aliphatic hydroxyl groups excluding tert-OH is 1. The van der Waals surface area contributed by atoms with Crippen LogP contribution in [0.2, 0.25) is 0 Å². The molecule has 1 heterocycles. The lowest BCUT2D eigenvalue weighted by atomic mass is 9.99. The van der Waals surface area contributed by atoms with Crippen molar-refractivity contribution in [2.24, 2.45) is 0 Å². The van der Waals surface area contributed by atoms with Gasteiger partial charge in [0.05, 0.1) is 13.2 Å². The van der Waals surface area contributed by atoms with Crippen molar-refractivity contribution in [2.75, 3.05) is 20.2 Å². The molecule has 100 valence electrons. The van der Waals surface area contributed by atoms with Crippen LogP contribution in [0.3, 0.4) is 0 Å². The van der Waals surface area contributed by atoms with E-state index >= 15 is 0 Å². The standard InChI is InChI=1S/C15H23NO2/c1-3-14(16-10-4-5-11-16)15(17)12-6-8-13(18-2)9-7-12/h6-9,14-15,17H,3-5,10-11H2,1-2H3/t14-,15+/m1/s1. The topological polar surface area (TPSA) is 32.7 Å². The maximum atomic E-state index is 10.5. The van der Waals surface area contributed by atoms with Gasteiger partial charge in [-0.3, -0.25) is 4.90 Å². The molecule has 1 aliphatic heterocycles. The van der Waals surface area contributed by atoms with E-state index in [1.807, 2.05) is 24.3 Å². The van der Waals surface area contributed by atoms with E-state index < -0.39 is 6.10 Å². The van der Waals surface area contributed by atoms with Crippen LogP contribution in [-0.4, -0.2) is 36.2 Å². The molecule has 2 rings (SSSR count). The molecule has 0 spiro atoms. The Balaban J connectivity index is 2.09. The van der Waals surface area contributed by atoms with Gasteiger partial charge < -0.3 is 9.84 Å². The highest BCUT2D eigenvalue weighted by Crippen LogP contribution is 2.27. The lowest BCUT2D eigenvalue weighted by Gasteiger charge is -2.31. The Bertz CT molecular complexity index is 357. The van der Waals surface area contributed by atoms with E-state index in [1.54, 1.807) is 7.11 Å². The number of ether oxygens (including phenoxy) is 1. The Labute approximate surface area is 109 Å². The minimum absolute atomic E-state index is 0.237. The number of nitrogens with zero attached hydrogens (tertiary/aromatic N) is 1. The summed E-state index contributed by atoms with van der Waals surface area (Å²) in [5.41, 5.74) is 0.981. The van der Waals surface area contributed by atoms with Gasteiger partial charge in [0.25, 0.3) is 0 Å². The predicted octanol–water partition coefficient (Wildman–Crippen LogP) is 2.60. The number of hydrogen-bond acceptors (Lipinski definition) is 3. The monoisotopic (exact) mass is 249 g/mol. The summed E-state index contributed by atoms with van der Waals surface area (Å²) in [6.45, 7) is 4.38. The second-order valence-corrected chi connectivity index (χ2v) is 4.94. The zero-order valence-corrected chi connectivity index (χ0v) is 11.3. The van der Waals surface area contributed by atoms with Crippen molar-refractivity contribution in [3.05, 3.63) is 29.8 Å². The molecule has 0 amide bonds.